The minimum atomic E-state index is 0.873. The van der Waals surface area contributed by atoms with Crippen molar-refractivity contribution in [2.24, 2.45) is 0 Å². The molecule has 0 unspecified atom stereocenters. The summed E-state index contributed by atoms with van der Waals surface area (Å²) in [7, 11) is 0. The van der Waals surface area contributed by atoms with Gasteiger partial charge in [0.05, 0.1) is 39.1 Å². The molecule has 49 heavy (non-hydrogen) atoms. The molecule has 3 heteroatoms. The van der Waals surface area contributed by atoms with Gasteiger partial charge in [-0.3, -0.25) is 0 Å². The Kier molecular flexibility index (Phi) is 5.38. The lowest BCUT2D eigenvalue weighted by molar-refractivity contribution is 1.19. The SMILES string of the molecule is c1ccc(-c2nc3cc(-n4c5cccc6c5c5c7c(cccc7ccc54)-c4ccccc4-6)c4ccccc4c3nc2-c2ccccc2)cc1. The van der Waals surface area contributed by atoms with Crippen molar-refractivity contribution in [3.05, 3.63) is 164 Å². The number of hydrogen-bond acceptors (Lipinski definition) is 2. The second-order valence-corrected chi connectivity index (χ2v) is 12.9. The van der Waals surface area contributed by atoms with Gasteiger partial charge in [0, 0.05) is 32.7 Å². The molecule has 8 aromatic carbocycles. The zero-order valence-corrected chi connectivity index (χ0v) is 26.4. The molecule has 10 aromatic rings. The van der Waals surface area contributed by atoms with Crippen LogP contribution in [0, 0.1) is 0 Å². The van der Waals surface area contributed by atoms with E-state index in [2.05, 4.69) is 156 Å². The Bertz CT molecular complexity index is 2970. The smallest absolute Gasteiger partial charge is 0.0974 e. The molecule has 0 bridgehead atoms. The molecule has 226 valence electrons. The molecule has 0 radical (unpaired) electrons. The van der Waals surface area contributed by atoms with Crippen LogP contribution in [0.2, 0.25) is 0 Å². The zero-order valence-electron chi connectivity index (χ0n) is 26.4. The van der Waals surface area contributed by atoms with Gasteiger partial charge in [0.2, 0.25) is 0 Å². The van der Waals surface area contributed by atoms with Crippen LogP contribution < -0.4 is 0 Å². The maximum Gasteiger partial charge on any atom is 0.0974 e. The first-order valence-electron chi connectivity index (χ1n) is 16.8. The highest BCUT2D eigenvalue weighted by atomic mass is 15.0. The maximum atomic E-state index is 5.45. The number of fused-ring (bicyclic) bond motifs is 6. The Balaban J connectivity index is 1.30. The standard InChI is InChI=1S/C46H27N3/c1-3-13-29(14-4-1)44-45(30-15-5-2-6-16-30)48-46-36-21-10-9-20-33(36)40(27-37(46)47-44)49-38-24-12-23-35-32-19-8-7-18-31(32)34-22-11-17-28-25-26-39(49)43(41(28)34)42(35)38/h1-27H. The van der Waals surface area contributed by atoms with E-state index in [1.807, 2.05) is 12.1 Å². The van der Waals surface area contributed by atoms with Gasteiger partial charge in [0.25, 0.3) is 0 Å². The first-order valence-corrected chi connectivity index (χ1v) is 16.8. The van der Waals surface area contributed by atoms with Crippen LogP contribution in [0.1, 0.15) is 0 Å². The van der Waals surface area contributed by atoms with Crippen LogP contribution in [-0.2, 0) is 0 Å². The second kappa shape index (κ2) is 9.96. The van der Waals surface area contributed by atoms with Gasteiger partial charge in [-0.25, -0.2) is 9.97 Å². The molecule has 0 saturated heterocycles. The van der Waals surface area contributed by atoms with E-state index < -0.39 is 0 Å². The molecule has 0 fully saturated rings. The van der Waals surface area contributed by atoms with E-state index >= 15 is 0 Å². The van der Waals surface area contributed by atoms with E-state index in [1.165, 1.54) is 54.8 Å². The molecular formula is C46H27N3. The number of hydrogen-bond donors (Lipinski definition) is 0. The average molecular weight is 622 g/mol. The van der Waals surface area contributed by atoms with E-state index in [0.29, 0.717) is 0 Å². The third kappa shape index (κ3) is 3.67. The first kappa shape index (κ1) is 26.5. The largest absolute Gasteiger partial charge is 0.308 e. The summed E-state index contributed by atoms with van der Waals surface area (Å²) in [6.07, 6.45) is 0. The van der Waals surface area contributed by atoms with Crippen LogP contribution in [0.25, 0.3) is 105 Å². The fraction of sp³-hybridized carbons (Fsp3) is 0. The van der Waals surface area contributed by atoms with Crippen molar-refractivity contribution in [1.29, 1.82) is 0 Å². The topological polar surface area (TPSA) is 30.7 Å². The van der Waals surface area contributed by atoms with Crippen molar-refractivity contribution in [1.82, 2.24) is 14.5 Å². The molecule has 3 nitrogen and oxygen atoms in total. The number of benzene rings is 8. The van der Waals surface area contributed by atoms with Gasteiger partial charge in [0.15, 0.2) is 0 Å². The molecule has 1 aliphatic rings. The van der Waals surface area contributed by atoms with Crippen molar-refractivity contribution in [3.63, 3.8) is 0 Å². The summed E-state index contributed by atoms with van der Waals surface area (Å²) in [6, 6.07) is 58.7. The Morgan fingerprint density at radius 3 is 1.69 bits per heavy atom. The van der Waals surface area contributed by atoms with Crippen LogP contribution in [0.5, 0.6) is 0 Å². The Labute approximate surface area is 282 Å². The number of aromatic nitrogens is 3. The predicted octanol–water partition coefficient (Wildman–Crippen LogP) is 12.0. The third-order valence-electron chi connectivity index (χ3n) is 10.3. The van der Waals surface area contributed by atoms with Crippen molar-refractivity contribution in [2.45, 2.75) is 0 Å². The first-order chi connectivity index (χ1) is 24.3. The number of nitrogens with zero attached hydrogens (tertiary/aromatic N) is 3. The Morgan fingerprint density at radius 1 is 0.388 bits per heavy atom. The quantitative estimate of drug-likeness (QED) is 0.184. The monoisotopic (exact) mass is 621 g/mol. The molecule has 0 spiro atoms. The minimum absolute atomic E-state index is 0.873. The molecule has 1 aliphatic carbocycles. The lowest BCUT2D eigenvalue weighted by Gasteiger charge is -2.17. The third-order valence-corrected chi connectivity index (χ3v) is 10.3. The van der Waals surface area contributed by atoms with Gasteiger partial charge in [0.1, 0.15) is 0 Å². The highest BCUT2D eigenvalue weighted by molar-refractivity contribution is 6.30. The van der Waals surface area contributed by atoms with Crippen molar-refractivity contribution in [2.75, 3.05) is 0 Å². The van der Waals surface area contributed by atoms with Crippen LogP contribution in [-0.4, -0.2) is 14.5 Å². The lowest BCUT2D eigenvalue weighted by Crippen LogP contribution is -2.00. The van der Waals surface area contributed by atoms with Gasteiger partial charge < -0.3 is 4.57 Å². The summed E-state index contributed by atoms with van der Waals surface area (Å²) in [5, 5.41) is 7.39. The molecule has 2 heterocycles. The zero-order chi connectivity index (χ0) is 32.1. The van der Waals surface area contributed by atoms with Gasteiger partial charge in [-0.05, 0) is 51.2 Å². The number of rotatable bonds is 3. The molecule has 0 N–H and O–H groups in total. The highest BCUT2D eigenvalue weighted by Gasteiger charge is 2.26. The van der Waals surface area contributed by atoms with E-state index in [9.17, 15) is 0 Å². The van der Waals surface area contributed by atoms with Crippen LogP contribution in [0.4, 0.5) is 0 Å². The maximum absolute atomic E-state index is 5.45. The van der Waals surface area contributed by atoms with Crippen LogP contribution in [0.3, 0.4) is 0 Å². The van der Waals surface area contributed by atoms with E-state index in [0.717, 1.165) is 50.0 Å². The van der Waals surface area contributed by atoms with Crippen LogP contribution >= 0.6 is 0 Å². The molecule has 0 amide bonds. The van der Waals surface area contributed by atoms with Gasteiger partial charge in [-0.2, -0.15) is 0 Å². The summed E-state index contributed by atoms with van der Waals surface area (Å²) in [5.74, 6) is 0. The van der Waals surface area contributed by atoms with Gasteiger partial charge in [-0.1, -0.05) is 146 Å². The minimum Gasteiger partial charge on any atom is -0.308 e. The molecule has 11 rings (SSSR count). The summed E-state index contributed by atoms with van der Waals surface area (Å²) in [4.78, 5) is 10.9. The molecule has 0 saturated carbocycles. The highest BCUT2D eigenvalue weighted by Crippen LogP contribution is 2.50. The van der Waals surface area contributed by atoms with Gasteiger partial charge >= 0.3 is 0 Å². The normalized spacial score (nSPS) is 12.1. The summed E-state index contributed by atoms with van der Waals surface area (Å²) >= 11 is 0. The molecule has 0 atom stereocenters. The fourth-order valence-corrected chi connectivity index (χ4v) is 8.23. The van der Waals surface area contributed by atoms with Crippen molar-refractivity contribution in [3.8, 4) is 50.5 Å². The van der Waals surface area contributed by atoms with E-state index in [1.54, 1.807) is 0 Å². The van der Waals surface area contributed by atoms with Crippen LogP contribution in [0.15, 0.2) is 164 Å². The van der Waals surface area contributed by atoms with Gasteiger partial charge in [-0.15, -0.1) is 0 Å². The Hall–Kier alpha value is -6.58. The second-order valence-electron chi connectivity index (χ2n) is 12.9. The average Bonchev–Trinajstić information content (AvgIpc) is 3.45. The molecule has 0 aliphatic heterocycles. The summed E-state index contributed by atoms with van der Waals surface area (Å²) < 4.78 is 2.47. The summed E-state index contributed by atoms with van der Waals surface area (Å²) in [6.45, 7) is 0. The molecule has 2 aromatic heterocycles. The van der Waals surface area contributed by atoms with E-state index in [-0.39, 0.29) is 0 Å². The molecular weight excluding hydrogens is 595 g/mol. The van der Waals surface area contributed by atoms with Crippen molar-refractivity contribution >= 4 is 54.4 Å². The van der Waals surface area contributed by atoms with Crippen molar-refractivity contribution < 1.29 is 0 Å². The Morgan fingerprint density at radius 2 is 0.959 bits per heavy atom. The summed E-state index contributed by atoms with van der Waals surface area (Å²) in [5.41, 5.74) is 14.2. The fourth-order valence-electron chi connectivity index (χ4n) is 8.23. The lowest BCUT2D eigenvalue weighted by atomic mass is 9.93. The van der Waals surface area contributed by atoms with E-state index in [4.69, 9.17) is 9.97 Å². The predicted molar refractivity (Wildman–Crippen MR) is 204 cm³/mol.